The van der Waals surface area contributed by atoms with Gasteiger partial charge in [-0.15, -0.1) is 0 Å². The number of nitrogens with two attached hydrogens (primary N) is 4. The largest absolute Gasteiger partial charge is 0.481 e. The Balaban J connectivity index is 1.57. The zero-order valence-corrected chi connectivity index (χ0v) is 48.8. The molecule has 0 fully saturated rings. The second kappa shape index (κ2) is 34.4. The first-order valence-corrected chi connectivity index (χ1v) is 28.9. The molecule has 4 rings (SSSR count). The van der Waals surface area contributed by atoms with E-state index in [1.165, 1.54) is 12.1 Å². The molecule has 0 bridgehead atoms. The van der Waals surface area contributed by atoms with Crippen molar-refractivity contribution in [2.24, 2.45) is 27.9 Å². The second-order valence-electron chi connectivity index (χ2n) is 20.3. The van der Waals surface area contributed by atoms with Gasteiger partial charge in [-0.25, -0.2) is 0 Å². The van der Waals surface area contributed by atoms with E-state index in [9.17, 15) is 76.5 Å². The standard InChI is InChI=1S/C55H74N14O18S/c1-3-4-15-37(49(78)68-42(26-45(74)75)51(80)65-38(47(57)76)22-30-11-6-5-7-12-30)64-50(79)40(24-32-27-61-36-16-9-8-13-34(32)36)63-43(71)28-62-54(83)46(29(2)70)69-53(82)39(23-31-17-19-33(20-18-31)87-88(84,85)86)67-52(81)41(25-44(72)73)66-48(77)35(56)14-10-21-60-55(58)59/h5-9,11-13,16-20,27,29,35,37-42,46,61,70H,3-4,10,14-15,21-26,28,56H2,1-2H3,(H2,57,76)(H,62,83)(H,63,71)(H,64,79)(H,65,80)(H,66,77)(H,67,81)(H,68,78)(H,69,82)(H,72,73)(H,74,75)(H4,58,59,60)(H,84,85,86)/t29-,35+,37+,38+,39+,40+,41+,42+,46+/m1/s1. The van der Waals surface area contributed by atoms with Gasteiger partial charge in [0.15, 0.2) is 5.96 Å². The molecular weight excluding hydrogens is 1180 g/mol. The van der Waals surface area contributed by atoms with Crippen LogP contribution in [0.15, 0.2) is 90.1 Å². The Kier molecular flexibility index (Phi) is 27.7. The molecule has 0 radical (unpaired) electrons. The zero-order chi connectivity index (χ0) is 65.3. The number of aromatic amines is 1. The number of aliphatic carboxylic acids is 2. The highest BCUT2D eigenvalue weighted by atomic mass is 32.3. The number of benzene rings is 3. The van der Waals surface area contributed by atoms with Gasteiger partial charge in [-0.2, -0.15) is 8.42 Å². The van der Waals surface area contributed by atoms with Gasteiger partial charge in [-0.1, -0.05) is 80.4 Å². The third-order valence-electron chi connectivity index (χ3n) is 13.2. The van der Waals surface area contributed by atoms with Gasteiger partial charge in [0.1, 0.15) is 48.0 Å². The summed E-state index contributed by atoms with van der Waals surface area (Å²) in [6, 6.07) is 7.03. The minimum Gasteiger partial charge on any atom is -0.481 e. The van der Waals surface area contributed by atoms with Gasteiger partial charge >= 0.3 is 22.3 Å². The summed E-state index contributed by atoms with van der Waals surface area (Å²) in [5.74, 6) is -13.3. The molecule has 9 amide bonds. The summed E-state index contributed by atoms with van der Waals surface area (Å²) < 4.78 is 36.2. The number of hydrogen-bond acceptors (Lipinski definition) is 17. The van der Waals surface area contributed by atoms with Crippen molar-refractivity contribution in [3.8, 4) is 5.75 Å². The normalized spacial score (nSPS) is 14.2. The predicted octanol–water partition coefficient (Wildman–Crippen LogP) is -3.73. The van der Waals surface area contributed by atoms with Crippen molar-refractivity contribution in [3.63, 3.8) is 0 Å². The van der Waals surface area contributed by atoms with Gasteiger partial charge in [-0.3, -0.25) is 62.3 Å². The van der Waals surface area contributed by atoms with Gasteiger partial charge < -0.3 is 90.0 Å². The van der Waals surface area contributed by atoms with E-state index in [-0.39, 0.29) is 55.9 Å². The summed E-state index contributed by atoms with van der Waals surface area (Å²) in [6.07, 6.45) is -2.01. The number of H-pyrrole nitrogens is 1. The molecule has 1 heterocycles. The first-order chi connectivity index (χ1) is 41.5. The molecule has 9 atom stereocenters. The molecule has 0 spiro atoms. The maximum atomic E-state index is 14.4. The molecule has 33 heteroatoms. The minimum atomic E-state index is -4.97. The van der Waals surface area contributed by atoms with E-state index in [2.05, 4.69) is 56.7 Å². The number of aliphatic hydroxyl groups excluding tert-OH is 1. The summed E-state index contributed by atoms with van der Waals surface area (Å²) in [4.78, 5) is 154. The number of carboxylic acid groups (broad SMARTS) is 2. The Labute approximate surface area is 504 Å². The lowest BCUT2D eigenvalue weighted by molar-refractivity contribution is -0.142. The lowest BCUT2D eigenvalue weighted by atomic mass is 10.0. The fourth-order valence-electron chi connectivity index (χ4n) is 8.70. The molecule has 0 saturated heterocycles. The molecule has 21 N–H and O–H groups in total. The fraction of sp³-hybridized carbons (Fsp3) is 0.418. The number of carbonyl (C=O) groups excluding carboxylic acids is 9. The highest BCUT2D eigenvalue weighted by molar-refractivity contribution is 7.81. The topological polar surface area (TPSA) is 541 Å². The van der Waals surface area contributed by atoms with Crippen LogP contribution in [-0.4, -0.2) is 172 Å². The third kappa shape index (κ3) is 24.3. The van der Waals surface area contributed by atoms with Gasteiger partial charge in [-0.05, 0) is 61.1 Å². The molecule has 0 unspecified atom stereocenters. The molecule has 1 aromatic heterocycles. The Morgan fingerprint density at radius 3 is 1.69 bits per heavy atom. The molecule has 0 aliphatic rings. The van der Waals surface area contributed by atoms with Gasteiger partial charge in [0.25, 0.3) is 0 Å². The molecule has 0 aliphatic heterocycles. The van der Waals surface area contributed by atoms with E-state index in [0.717, 1.165) is 19.1 Å². The van der Waals surface area contributed by atoms with Gasteiger partial charge in [0.2, 0.25) is 53.2 Å². The molecule has 0 saturated carbocycles. The highest BCUT2D eigenvalue weighted by Gasteiger charge is 2.36. The maximum Gasteiger partial charge on any atom is 0.446 e. The number of fused-ring (bicyclic) bond motifs is 1. The van der Waals surface area contributed by atoms with Crippen LogP contribution >= 0.6 is 0 Å². The van der Waals surface area contributed by atoms with Crippen LogP contribution in [0.4, 0.5) is 0 Å². The lowest BCUT2D eigenvalue weighted by Crippen LogP contribution is -2.61. The number of carboxylic acids is 2. The average molecular weight is 1250 g/mol. The molecule has 32 nitrogen and oxygen atoms in total. The number of carbonyl (C=O) groups is 11. The molecule has 3 aromatic carbocycles. The Hall–Kier alpha value is -9.73. The third-order valence-corrected chi connectivity index (χ3v) is 13.6. The number of unbranched alkanes of at least 4 members (excludes halogenated alkanes) is 1. The van der Waals surface area contributed by atoms with Crippen molar-refractivity contribution in [2.75, 3.05) is 13.1 Å². The zero-order valence-electron chi connectivity index (χ0n) is 47.9. The summed E-state index contributed by atoms with van der Waals surface area (Å²) in [5.41, 5.74) is 24.1. The molecular formula is C55H74N14O18S. The van der Waals surface area contributed by atoms with Crippen LogP contribution in [0.2, 0.25) is 0 Å². The Morgan fingerprint density at radius 2 is 1.11 bits per heavy atom. The Morgan fingerprint density at radius 1 is 0.602 bits per heavy atom. The second-order valence-corrected chi connectivity index (χ2v) is 21.3. The predicted molar refractivity (Wildman–Crippen MR) is 314 cm³/mol. The summed E-state index contributed by atoms with van der Waals surface area (Å²) >= 11 is 0. The lowest BCUT2D eigenvalue weighted by Gasteiger charge is -2.27. The number of amides is 9. The van der Waals surface area contributed by atoms with E-state index in [1.54, 1.807) is 67.7 Å². The fourth-order valence-corrected chi connectivity index (χ4v) is 9.05. The van der Waals surface area contributed by atoms with E-state index in [0.29, 0.717) is 34.9 Å². The van der Waals surface area contributed by atoms with Crippen LogP contribution in [0.5, 0.6) is 5.75 Å². The maximum absolute atomic E-state index is 14.4. The van der Waals surface area contributed by atoms with Crippen molar-refractivity contribution in [2.45, 2.75) is 132 Å². The van der Waals surface area contributed by atoms with E-state index in [1.807, 2.05) is 0 Å². The van der Waals surface area contributed by atoms with Crippen LogP contribution < -0.4 is 69.7 Å². The molecule has 0 aliphatic carbocycles. The Bertz CT molecular complexity index is 3250. The summed E-state index contributed by atoms with van der Waals surface area (Å²) in [7, 11) is -4.97. The number of aliphatic hydroxyl groups is 1. The van der Waals surface area contributed by atoms with Crippen LogP contribution in [0.25, 0.3) is 10.9 Å². The summed E-state index contributed by atoms with van der Waals surface area (Å²) in [6.45, 7) is 2.02. The van der Waals surface area contributed by atoms with Crippen molar-refractivity contribution >= 4 is 92.4 Å². The minimum absolute atomic E-state index is 0.0135. The molecule has 478 valence electrons. The number of nitrogens with zero attached hydrogens (tertiary/aromatic N) is 1. The molecule has 4 aromatic rings. The van der Waals surface area contributed by atoms with Crippen LogP contribution in [0.1, 0.15) is 75.5 Å². The van der Waals surface area contributed by atoms with Crippen LogP contribution in [0.3, 0.4) is 0 Å². The van der Waals surface area contributed by atoms with Crippen molar-refractivity contribution < 1.29 is 85.2 Å². The van der Waals surface area contributed by atoms with Crippen molar-refractivity contribution in [3.05, 3.63) is 102 Å². The number of primary amides is 1. The van der Waals surface area contributed by atoms with Crippen molar-refractivity contribution in [1.29, 1.82) is 0 Å². The number of rotatable bonds is 37. The SMILES string of the molecule is CCCC[C@H](NC(=O)[C@H](Cc1c[nH]c2ccccc12)NC(=O)CNC(=O)[C@@H](NC(=O)[C@H](Cc1ccc(OS(=O)(=O)O)cc1)NC(=O)[C@H](CC(=O)O)NC(=O)[C@@H](N)CCCN=C(N)N)[C@@H](C)O)C(=O)N[C@@H](CC(=O)O)C(=O)N[C@@H](Cc1ccccc1)C(N)=O. The van der Waals surface area contributed by atoms with Crippen LogP contribution in [0, 0.1) is 0 Å². The van der Waals surface area contributed by atoms with Crippen LogP contribution in [-0.2, 0) is 82.4 Å². The van der Waals surface area contributed by atoms with E-state index < -0.39 is 156 Å². The quantitative estimate of drug-likeness (QED) is 0.00893. The smallest absolute Gasteiger partial charge is 0.446 e. The monoisotopic (exact) mass is 1250 g/mol. The number of nitrogens with one attached hydrogen (secondary N) is 9. The van der Waals surface area contributed by atoms with Gasteiger partial charge in [0, 0.05) is 42.9 Å². The van der Waals surface area contributed by atoms with Crippen molar-refractivity contribution in [1.82, 2.24) is 47.5 Å². The summed E-state index contributed by atoms with van der Waals surface area (Å²) in [5, 5.41) is 49.9. The van der Waals surface area contributed by atoms with E-state index in [4.69, 9.17) is 27.5 Å². The molecule has 88 heavy (non-hydrogen) atoms. The average Bonchev–Trinajstić information content (AvgIpc) is 3.17. The number of aromatic nitrogens is 1. The number of aliphatic imine (C=N–C) groups is 1. The number of para-hydroxylation sites is 1. The highest BCUT2D eigenvalue weighted by Crippen LogP contribution is 2.20. The van der Waals surface area contributed by atoms with E-state index >= 15 is 0 Å². The number of hydrogen-bond donors (Lipinski definition) is 17. The number of guanidine groups is 1. The first-order valence-electron chi connectivity index (χ1n) is 27.5. The first kappa shape index (κ1) is 70.8. The van der Waals surface area contributed by atoms with Gasteiger partial charge in [0.05, 0.1) is 31.5 Å².